The van der Waals surface area contributed by atoms with Crippen LogP contribution in [0.15, 0.2) is 0 Å². The molecule has 2 atom stereocenters. The van der Waals surface area contributed by atoms with Crippen molar-refractivity contribution in [1.29, 1.82) is 0 Å². The molecular weight excluding hydrogens is 182 g/mol. The van der Waals surface area contributed by atoms with Crippen molar-refractivity contribution in [2.45, 2.75) is 38.5 Å². The molecule has 0 spiro atoms. The molecule has 0 aromatic heterocycles. The van der Waals surface area contributed by atoms with E-state index in [1.54, 1.807) is 7.11 Å². The van der Waals surface area contributed by atoms with E-state index >= 15 is 0 Å². The second-order valence-electron chi connectivity index (χ2n) is 3.40. The van der Waals surface area contributed by atoms with Gasteiger partial charge in [0.2, 0.25) is 0 Å². The smallest absolute Gasteiger partial charge is 0.0613 e. The first-order valence-corrected chi connectivity index (χ1v) is 6.09. The number of hydrogen-bond donors (Lipinski definition) is 1. The van der Waals surface area contributed by atoms with Crippen molar-refractivity contribution in [3.05, 3.63) is 0 Å². The highest BCUT2D eigenvalue weighted by Gasteiger charge is 2.01. The molecule has 80 valence electrons. The molecule has 0 aromatic rings. The Kier molecular flexibility index (Phi) is 9.03. The van der Waals surface area contributed by atoms with Gasteiger partial charge in [0, 0.05) is 30.7 Å². The molecule has 2 unspecified atom stereocenters. The minimum absolute atomic E-state index is 0.475. The second-order valence-corrected chi connectivity index (χ2v) is 4.95. The molecule has 13 heavy (non-hydrogen) atoms. The van der Waals surface area contributed by atoms with Crippen LogP contribution in [-0.2, 0) is 4.74 Å². The number of rotatable bonds is 8. The summed E-state index contributed by atoms with van der Waals surface area (Å²) in [5, 5.41) is 4.21. The molecule has 0 aromatic carbocycles. The van der Waals surface area contributed by atoms with E-state index < -0.39 is 0 Å². The summed E-state index contributed by atoms with van der Waals surface area (Å²) < 4.78 is 5.03. The molecule has 0 aliphatic heterocycles. The summed E-state index contributed by atoms with van der Waals surface area (Å²) in [6.07, 6.45) is 1.26. The first-order chi connectivity index (χ1) is 6.20. The molecule has 0 saturated carbocycles. The van der Waals surface area contributed by atoms with E-state index in [0.717, 1.165) is 18.4 Å². The number of ether oxygens (including phenoxy) is 1. The summed E-state index contributed by atoms with van der Waals surface area (Å²) in [7, 11) is 1.74. The predicted molar refractivity (Wildman–Crippen MR) is 61.6 cm³/mol. The summed E-state index contributed by atoms with van der Waals surface area (Å²) in [5.74, 6) is 1.20. The van der Waals surface area contributed by atoms with E-state index in [0.29, 0.717) is 6.04 Å². The van der Waals surface area contributed by atoms with E-state index in [1.807, 2.05) is 11.8 Å². The van der Waals surface area contributed by atoms with Gasteiger partial charge in [-0.05, 0) is 13.3 Å². The van der Waals surface area contributed by atoms with Gasteiger partial charge in [0.15, 0.2) is 0 Å². The molecule has 0 saturated heterocycles. The minimum atomic E-state index is 0.475. The first-order valence-electron chi connectivity index (χ1n) is 5.04. The van der Waals surface area contributed by atoms with Crippen LogP contribution in [0.2, 0.25) is 0 Å². The van der Waals surface area contributed by atoms with Gasteiger partial charge in [0.1, 0.15) is 0 Å². The molecule has 0 aliphatic carbocycles. The van der Waals surface area contributed by atoms with E-state index in [9.17, 15) is 0 Å². The zero-order chi connectivity index (χ0) is 10.1. The van der Waals surface area contributed by atoms with Crippen molar-refractivity contribution in [2.75, 3.05) is 26.0 Å². The van der Waals surface area contributed by atoms with Gasteiger partial charge < -0.3 is 10.1 Å². The average molecular weight is 205 g/mol. The van der Waals surface area contributed by atoms with Crippen LogP contribution in [0, 0.1) is 0 Å². The lowest BCUT2D eigenvalue weighted by Crippen LogP contribution is -2.32. The highest BCUT2D eigenvalue weighted by Crippen LogP contribution is 2.11. The fraction of sp³-hybridized carbons (Fsp3) is 1.00. The summed E-state index contributed by atoms with van der Waals surface area (Å²) in [6, 6.07) is 0.475. The van der Waals surface area contributed by atoms with Crippen LogP contribution in [-0.4, -0.2) is 37.3 Å². The average Bonchev–Trinajstić information content (AvgIpc) is 2.12. The Labute approximate surface area is 86.8 Å². The maximum absolute atomic E-state index is 5.03. The molecule has 1 N–H and O–H groups in total. The van der Waals surface area contributed by atoms with E-state index in [4.69, 9.17) is 4.74 Å². The van der Waals surface area contributed by atoms with Crippen molar-refractivity contribution in [3.8, 4) is 0 Å². The summed E-state index contributed by atoms with van der Waals surface area (Å²) in [4.78, 5) is 0. The normalized spacial score (nSPS) is 15.7. The van der Waals surface area contributed by atoms with Gasteiger partial charge in [-0.15, -0.1) is 0 Å². The molecule has 0 radical (unpaired) electrons. The molecule has 0 rings (SSSR count). The van der Waals surface area contributed by atoms with Gasteiger partial charge >= 0.3 is 0 Å². The molecule has 0 bridgehead atoms. The van der Waals surface area contributed by atoms with Crippen LogP contribution in [0.1, 0.15) is 27.2 Å². The van der Waals surface area contributed by atoms with Crippen LogP contribution in [0.25, 0.3) is 0 Å². The van der Waals surface area contributed by atoms with E-state index in [1.165, 1.54) is 12.2 Å². The van der Waals surface area contributed by atoms with Crippen LogP contribution in [0.3, 0.4) is 0 Å². The van der Waals surface area contributed by atoms with Crippen LogP contribution in [0.4, 0.5) is 0 Å². The van der Waals surface area contributed by atoms with Crippen molar-refractivity contribution in [1.82, 2.24) is 5.32 Å². The fourth-order valence-electron chi connectivity index (χ4n) is 0.992. The zero-order valence-electron chi connectivity index (χ0n) is 9.30. The number of hydrogen-bond acceptors (Lipinski definition) is 3. The Balaban J connectivity index is 3.15. The lowest BCUT2D eigenvalue weighted by Gasteiger charge is -2.13. The first kappa shape index (κ1) is 13.3. The highest BCUT2D eigenvalue weighted by atomic mass is 32.2. The number of methoxy groups -OCH3 is 1. The Morgan fingerprint density at radius 1 is 1.38 bits per heavy atom. The second kappa shape index (κ2) is 8.85. The highest BCUT2D eigenvalue weighted by molar-refractivity contribution is 7.99. The lowest BCUT2D eigenvalue weighted by molar-refractivity contribution is 0.173. The van der Waals surface area contributed by atoms with Crippen LogP contribution < -0.4 is 5.32 Å². The fourth-order valence-corrected chi connectivity index (χ4v) is 1.87. The predicted octanol–water partition coefficient (Wildman–Crippen LogP) is 2.14. The molecule has 0 fully saturated rings. The summed E-state index contributed by atoms with van der Waals surface area (Å²) in [6.45, 7) is 8.55. The topological polar surface area (TPSA) is 21.3 Å². The van der Waals surface area contributed by atoms with Gasteiger partial charge in [0.05, 0.1) is 6.61 Å². The van der Waals surface area contributed by atoms with Gasteiger partial charge in [-0.25, -0.2) is 0 Å². The van der Waals surface area contributed by atoms with E-state index in [-0.39, 0.29) is 0 Å². The minimum Gasteiger partial charge on any atom is -0.383 e. The van der Waals surface area contributed by atoms with Gasteiger partial charge in [0.25, 0.3) is 0 Å². The third-order valence-corrected chi connectivity index (χ3v) is 3.33. The summed E-state index contributed by atoms with van der Waals surface area (Å²) in [5.41, 5.74) is 0. The van der Waals surface area contributed by atoms with Crippen molar-refractivity contribution >= 4 is 11.8 Å². The number of thioether (sulfide) groups is 1. The van der Waals surface area contributed by atoms with E-state index in [2.05, 4.69) is 26.1 Å². The Bertz CT molecular complexity index is 111. The maximum Gasteiger partial charge on any atom is 0.0613 e. The molecular formula is C10H23NOS. The Morgan fingerprint density at radius 3 is 2.62 bits per heavy atom. The lowest BCUT2D eigenvalue weighted by atomic mass is 10.4. The monoisotopic (exact) mass is 205 g/mol. The number of nitrogens with one attached hydrogen (secondary N) is 1. The molecule has 2 nitrogen and oxygen atoms in total. The van der Waals surface area contributed by atoms with Gasteiger partial charge in [-0.1, -0.05) is 13.8 Å². The molecule has 0 amide bonds. The third kappa shape index (κ3) is 8.60. The third-order valence-electron chi connectivity index (χ3n) is 1.99. The standard InChI is InChI=1S/C10H23NOS/c1-5-10(3)13-7-6-11-9(2)8-12-4/h9-11H,5-8H2,1-4H3. The van der Waals surface area contributed by atoms with Crippen molar-refractivity contribution < 1.29 is 4.74 Å². The summed E-state index contributed by atoms with van der Waals surface area (Å²) >= 11 is 2.03. The Morgan fingerprint density at radius 2 is 2.08 bits per heavy atom. The van der Waals surface area contributed by atoms with Crippen LogP contribution >= 0.6 is 11.8 Å². The molecule has 0 aliphatic rings. The van der Waals surface area contributed by atoms with Gasteiger partial charge in [-0.3, -0.25) is 0 Å². The molecule has 0 heterocycles. The van der Waals surface area contributed by atoms with Crippen molar-refractivity contribution in [2.24, 2.45) is 0 Å². The van der Waals surface area contributed by atoms with Gasteiger partial charge in [-0.2, -0.15) is 11.8 Å². The Hall–Kier alpha value is 0.270. The maximum atomic E-state index is 5.03. The quantitative estimate of drug-likeness (QED) is 0.614. The zero-order valence-corrected chi connectivity index (χ0v) is 10.1. The van der Waals surface area contributed by atoms with Crippen molar-refractivity contribution in [3.63, 3.8) is 0 Å². The molecule has 3 heteroatoms. The van der Waals surface area contributed by atoms with Crippen LogP contribution in [0.5, 0.6) is 0 Å². The SMILES string of the molecule is CCC(C)SCCNC(C)COC. The largest absolute Gasteiger partial charge is 0.383 e.